The first kappa shape index (κ1) is 15.4. The van der Waals surface area contributed by atoms with Gasteiger partial charge in [0.25, 0.3) is 0 Å². The Hall–Kier alpha value is 0.374. The number of fused-ring (bicyclic) bond motifs is 1. The molecule has 0 unspecified atom stereocenters. The second kappa shape index (κ2) is 5.16. The van der Waals surface area contributed by atoms with Crippen molar-refractivity contribution in [3.8, 4) is 0 Å². The van der Waals surface area contributed by atoms with Crippen molar-refractivity contribution in [1.82, 2.24) is 0 Å². The second-order valence-corrected chi connectivity index (χ2v) is 6.11. The Bertz CT molecular complexity index is 305. The van der Waals surface area contributed by atoms with Gasteiger partial charge < -0.3 is 16.8 Å². The van der Waals surface area contributed by atoms with Crippen LogP contribution in [0.2, 0.25) is 0 Å². The van der Waals surface area contributed by atoms with Gasteiger partial charge in [0.2, 0.25) is 0 Å². The summed E-state index contributed by atoms with van der Waals surface area (Å²) in [6.07, 6.45) is 4.50. The molecular formula is C14H23O2Ti-. The zero-order chi connectivity index (χ0) is 12.0. The SMILES string of the molecule is [CH-]=C1CCC[C@H]2[C@](C)(CO)[C@@H](O)CC[C@]12C.[Ti]. The molecular weight excluding hydrogens is 248 g/mol. The van der Waals surface area contributed by atoms with E-state index in [1.807, 2.05) is 6.92 Å². The Kier molecular flexibility index (Phi) is 4.69. The smallest absolute Gasteiger partial charge is 0.0619 e. The van der Waals surface area contributed by atoms with E-state index in [2.05, 4.69) is 6.92 Å². The van der Waals surface area contributed by atoms with Crippen molar-refractivity contribution < 1.29 is 31.9 Å². The van der Waals surface area contributed by atoms with Crippen molar-refractivity contribution in [2.45, 2.75) is 52.1 Å². The van der Waals surface area contributed by atoms with Gasteiger partial charge in [0.05, 0.1) is 12.7 Å². The van der Waals surface area contributed by atoms with Crippen LogP contribution in [-0.4, -0.2) is 22.9 Å². The van der Waals surface area contributed by atoms with Gasteiger partial charge in [-0.15, -0.1) is 0 Å². The van der Waals surface area contributed by atoms with Crippen molar-refractivity contribution in [1.29, 1.82) is 0 Å². The van der Waals surface area contributed by atoms with Gasteiger partial charge in [-0.2, -0.15) is 0 Å². The van der Waals surface area contributed by atoms with E-state index in [0.29, 0.717) is 5.92 Å². The van der Waals surface area contributed by atoms with Crippen LogP contribution >= 0.6 is 0 Å². The molecule has 4 atom stereocenters. The topological polar surface area (TPSA) is 40.5 Å². The zero-order valence-corrected chi connectivity index (χ0v) is 12.4. The maximum atomic E-state index is 10.2. The van der Waals surface area contributed by atoms with E-state index in [1.54, 1.807) is 0 Å². The first-order chi connectivity index (χ1) is 7.45. The van der Waals surface area contributed by atoms with Crippen molar-refractivity contribution in [3.63, 3.8) is 0 Å². The summed E-state index contributed by atoms with van der Waals surface area (Å²) >= 11 is 0. The number of hydrogen-bond donors (Lipinski definition) is 2. The quantitative estimate of drug-likeness (QED) is 0.567. The Balaban J connectivity index is 0.00000144. The molecule has 2 rings (SSSR count). The summed E-state index contributed by atoms with van der Waals surface area (Å²) in [6, 6.07) is 0. The van der Waals surface area contributed by atoms with Crippen LogP contribution in [0.4, 0.5) is 0 Å². The predicted molar refractivity (Wildman–Crippen MR) is 63.7 cm³/mol. The van der Waals surface area contributed by atoms with E-state index >= 15 is 0 Å². The number of allylic oxidation sites excluding steroid dienone is 1. The minimum Gasteiger partial charge on any atom is -0.514 e. The number of aliphatic hydroxyl groups is 2. The van der Waals surface area contributed by atoms with Gasteiger partial charge in [0.1, 0.15) is 0 Å². The summed E-state index contributed by atoms with van der Waals surface area (Å²) in [5.41, 5.74) is 0.725. The Morgan fingerprint density at radius 1 is 1.35 bits per heavy atom. The van der Waals surface area contributed by atoms with Gasteiger partial charge in [-0.1, -0.05) is 26.7 Å². The molecule has 0 saturated heterocycles. The van der Waals surface area contributed by atoms with Crippen molar-refractivity contribution in [2.24, 2.45) is 16.7 Å². The summed E-state index contributed by atoms with van der Waals surface area (Å²) < 4.78 is 0. The van der Waals surface area contributed by atoms with E-state index < -0.39 is 0 Å². The van der Waals surface area contributed by atoms with Gasteiger partial charge in [-0.3, -0.25) is 5.57 Å². The van der Waals surface area contributed by atoms with E-state index in [1.165, 1.54) is 0 Å². The van der Waals surface area contributed by atoms with Crippen LogP contribution in [0.3, 0.4) is 0 Å². The summed E-state index contributed by atoms with van der Waals surface area (Å²) in [5.74, 6) is 0.322. The van der Waals surface area contributed by atoms with Crippen molar-refractivity contribution in [3.05, 3.63) is 12.2 Å². The normalized spacial score (nSPS) is 46.0. The van der Waals surface area contributed by atoms with Crippen LogP contribution in [0.1, 0.15) is 46.0 Å². The molecule has 0 aromatic carbocycles. The zero-order valence-electron chi connectivity index (χ0n) is 10.9. The third-order valence-electron chi connectivity index (χ3n) is 5.28. The van der Waals surface area contributed by atoms with E-state index in [4.69, 9.17) is 6.58 Å². The second-order valence-electron chi connectivity index (χ2n) is 6.11. The number of rotatable bonds is 1. The van der Waals surface area contributed by atoms with E-state index in [-0.39, 0.29) is 45.3 Å². The van der Waals surface area contributed by atoms with Gasteiger partial charge in [-0.05, 0) is 30.6 Å². The number of hydrogen-bond acceptors (Lipinski definition) is 2. The van der Waals surface area contributed by atoms with Crippen molar-refractivity contribution >= 4 is 0 Å². The third-order valence-corrected chi connectivity index (χ3v) is 5.28. The molecule has 0 bridgehead atoms. The maximum Gasteiger partial charge on any atom is 0.0619 e. The van der Waals surface area contributed by atoms with Crippen LogP contribution in [0.25, 0.3) is 0 Å². The summed E-state index contributed by atoms with van der Waals surface area (Å²) in [5, 5.41) is 19.8. The third kappa shape index (κ3) is 2.18. The van der Waals surface area contributed by atoms with Gasteiger partial charge in [0, 0.05) is 27.1 Å². The van der Waals surface area contributed by atoms with Crippen LogP contribution < -0.4 is 0 Å². The Morgan fingerprint density at radius 3 is 2.59 bits per heavy atom. The number of aliphatic hydroxyl groups excluding tert-OH is 2. The molecule has 2 N–H and O–H groups in total. The fourth-order valence-electron chi connectivity index (χ4n) is 3.93. The molecule has 2 fully saturated rings. The molecule has 0 amide bonds. The summed E-state index contributed by atoms with van der Waals surface area (Å²) in [4.78, 5) is 0. The average Bonchev–Trinajstić information content (AvgIpc) is 2.27. The van der Waals surface area contributed by atoms with E-state index in [9.17, 15) is 10.2 Å². The standard InChI is InChI=1S/C14H23O2.Ti/c1-10-5-4-6-11-13(10,2)8-7-12(16)14(11,3)9-15;/h1,11-12,15-16H,4-9H2,2-3H3;/q-1;/t11-,12+,13-,14+;/m1./s1. The molecule has 0 aliphatic heterocycles. The summed E-state index contributed by atoms with van der Waals surface area (Å²) in [7, 11) is 0. The molecule has 96 valence electrons. The minimum absolute atomic E-state index is 0. The molecule has 2 saturated carbocycles. The molecule has 0 radical (unpaired) electrons. The first-order valence-electron chi connectivity index (χ1n) is 6.36. The fraction of sp³-hybridized carbons (Fsp3) is 0.857. The molecule has 2 aliphatic carbocycles. The monoisotopic (exact) mass is 271 g/mol. The molecule has 3 heteroatoms. The molecule has 17 heavy (non-hydrogen) atoms. The largest absolute Gasteiger partial charge is 0.514 e. The Morgan fingerprint density at radius 2 is 2.00 bits per heavy atom. The van der Waals surface area contributed by atoms with Gasteiger partial charge >= 0.3 is 0 Å². The fourth-order valence-corrected chi connectivity index (χ4v) is 3.93. The predicted octanol–water partition coefficient (Wildman–Crippen LogP) is 2.30. The molecule has 0 aromatic heterocycles. The van der Waals surface area contributed by atoms with Gasteiger partial charge in [0.15, 0.2) is 0 Å². The van der Waals surface area contributed by atoms with Crippen molar-refractivity contribution in [2.75, 3.05) is 6.61 Å². The molecule has 2 nitrogen and oxygen atoms in total. The van der Waals surface area contributed by atoms with E-state index in [0.717, 1.165) is 37.7 Å². The Labute approximate surface area is 119 Å². The van der Waals surface area contributed by atoms with Gasteiger partial charge in [-0.25, -0.2) is 0 Å². The first-order valence-corrected chi connectivity index (χ1v) is 6.36. The molecule has 0 aromatic rings. The molecule has 2 aliphatic rings. The summed E-state index contributed by atoms with van der Waals surface area (Å²) in [6.45, 7) is 10.5. The van der Waals surface area contributed by atoms with Crippen LogP contribution in [0.5, 0.6) is 0 Å². The minimum atomic E-state index is -0.388. The molecule has 0 heterocycles. The molecule has 0 spiro atoms. The maximum absolute atomic E-state index is 10.2. The average molecular weight is 271 g/mol. The van der Waals surface area contributed by atoms with Crippen LogP contribution in [0, 0.1) is 23.3 Å². The van der Waals surface area contributed by atoms with Crippen LogP contribution in [0.15, 0.2) is 5.57 Å². The van der Waals surface area contributed by atoms with Crippen LogP contribution in [-0.2, 0) is 21.7 Å².